The number of aromatic nitrogens is 1. The van der Waals surface area contributed by atoms with Crippen LogP contribution in [0.5, 0.6) is 0 Å². The molecule has 4 nitrogen and oxygen atoms in total. The second kappa shape index (κ2) is 3.05. The number of nitrogens with zero attached hydrogens (tertiary/aromatic N) is 1. The van der Waals surface area contributed by atoms with Crippen LogP contribution in [-0.4, -0.2) is 11.1 Å². The Hall–Kier alpha value is -1.58. The van der Waals surface area contributed by atoms with Gasteiger partial charge < -0.3 is 10.3 Å². The Morgan fingerprint density at radius 1 is 1.46 bits per heavy atom. The van der Waals surface area contributed by atoms with Crippen LogP contribution < -0.4 is 4.73 Å². The second-order valence-electron chi connectivity index (χ2n) is 3.38. The van der Waals surface area contributed by atoms with Gasteiger partial charge >= 0.3 is 5.97 Å². The van der Waals surface area contributed by atoms with Crippen molar-refractivity contribution in [2.24, 2.45) is 0 Å². The molecule has 0 atom stereocenters. The van der Waals surface area contributed by atoms with Crippen molar-refractivity contribution in [3.8, 4) is 0 Å². The Balaban J connectivity index is 3.08. The highest BCUT2D eigenvalue weighted by Crippen LogP contribution is 2.21. The first-order chi connectivity index (χ1) is 5.94. The molecule has 0 aliphatic carbocycles. The number of pyridine rings is 1. The number of hydrogen-bond acceptors (Lipinski definition) is 2. The van der Waals surface area contributed by atoms with Crippen molar-refractivity contribution in [3.05, 3.63) is 35.3 Å². The summed E-state index contributed by atoms with van der Waals surface area (Å²) in [6.07, 6.45) is 2.58. The van der Waals surface area contributed by atoms with Crippen molar-refractivity contribution in [2.45, 2.75) is 19.3 Å². The van der Waals surface area contributed by atoms with E-state index in [9.17, 15) is 10.0 Å². The molecule has 0 aromatic carbocycles. The van der Waals surface area contributed by atoms with Gasteiger partial charge in [0.2, 0.25) is 0 Å². The fourth-order valence-electron chi connectivity index (χ4n) is 0.953. The van der Waals surface area contributed by atoms with Gasteiger partial charge in [0.05, 0.1) is 5.41 Å². The van der Waals surface area contributed by atoms with Gasteiger partial charge in [0.25, 0.3) is 0 Å². The maximum atomic E-state index is 10.8. The zero-order valence-corrected chi connectivity index (χ0v) is 7.52. The van der Waals surface area contributed by atoms with Crippen molar-refractivity contribution in [3.63, 3.8) is 0 Å². The van der Waals surface area contributed by atoms with Gasteiger partial charge in [0.1, 0.15) is 0 Å². The quantitative estimate of drug-likeness (QED) is 0.539. The van der Waals surface area contributed by atoms with Gasteiger partial charge in [0.15, 0.2) is 12.4 Å². The molecule has 1 aromatic rings. The molecule has 4 heteroatoms. The fourth-order valence-corrected chi connectivity index (χ4v) is 0.953. The van der Waals surface area contributed by atoms with Crippen LogP contribution in [0.1, 0.15) is 19.4 Å². The summed E-state index contributed by atoms with van der Waals surface area (Å²) in [5, 5.41) is 19.6. The van der Waals surface area contributed by atoms with Crippen molar-refractivity contribution in [2.75, 3.05) is 0 Å². The van der Waals surface area contributed by atoms with E-state index in [0.717, 1.165) is 0 Å². The molecule has 70 valence electrons. The van der Waals surface area contributed by atoms with E-state index in [1.165, 1.54) is 24.5 Å². The zero-order valence-electron chi connectivity index (χ0n) is 7.52. The Morgan fingerprint density at radius 2 is 1.92 bits per heavy atom. The average molecular weight is 181 g/mol. The van der Waals surface area contributed by atoms with Crippen LogP contribution in [0.25, 0.3) is 0 Å². The predicted molar refractivity (Wildman–Crippen MR) is 46.1 cm³/mol. The summed E-state index contributed by atoms with van der Waals surface area (Å²) < 4.78 is 0.626. The van der Waals surface area contributed by atoms with Crippen LogP contribution in [0.2, 0.25) is 0 Å². The number of aliphatic carboxylic acids is 1. The lowest BCUT2D eigenvalue weighted by atomic mass is 9.86. The Kier molecular flexibility index (Phi) is 2.23. The van der Waals surface area contributed by atoms with Gasteiger partial charge in [-0.3, -0.25) is 4.79 Å². The van der Waals surface area contributed by atoms with Crippen molar-refractivity contribution in [1.29, 1.82) is 0 Å². The summed E-state index contributed by atoms with van der Waals surface area (Å²) in [6, 6.07) is 3.03. The molecular weight excluding hydrogens is 170 g/mol. The molecule has 0 aliphatic heterocycles. The number of hydrogen-bond donors (Lipinski definition) is 1. The van der Waals surface area contributed by atoms with Crippen LogP contribution in [0, 0.1) is 5.21 Å². The third-order valence-electron chi connectivity index (χ3n) is 2.06. The molecule has 1 aromatic heterocycles. The summed E-state index contributed by atoms with van der Waals surface area (Å²) >= 11 is 0. The first kappa shape index (κ1) is 9.51. The Labute approximate surface area is 76.0 Å². The molecule has 0 saturated heterocycles. The average Bonchev–Trinajstić information content (AvgIpc) is 2.04. The molecule has 0 radical (unpaired) electrons. The van der Waals surface area contributed by atoms with E-state index >= 15 is 0 Å². The van der Waals surface area contributed by atoms with Crippen molar-refractivity contribution >= 4 is 5.97 Å². The highest BCUT2D eigenvalue weighted by atomic mass is 16.5. The Bertz CT molecular complexity index is 316. The lowest BCUT2D eigenvalue weighted by Gasteiger charge is -2.18. The van der Waals surface area contributed by atoms with Gasteiger partial charge in [-0.25, -0.2) is 0 Å². The molecule has 0 spiro atoms. The minimum Gasteiger partial charge on any atom is -0.619 e. The third kappa shape index (κ3) is 1.77. The van der Waals surface area contributed by atoms with Crippen LogP contribution in [0.15, 0.2) is 24.5 Å². The number of carboxylic acid groups (broad SMARTS) is 1. The molecule has 0 amide bonds. The predicted octanol–water partition coefficient (Wildman–Crippen LogP) is 0.682. The molecule has 0 unspecified atom stereocenters. The summed E-state index contributed by atoms with van der Waals surface area (Å²) in [5.74, 6) is -0.906. The van der Waals surface area contributed by atoms with Crippen LogP contribution in [-0.2, 0) is 10.2 Å². The van der Waals surface area contributed by atoms with E-state index in [2.05, 4.69) is 0 Å². The minimum atomic E-state index is -0.950. The normalized spacial score (nSPS) is 11.2. The van der Waals surface area contributed by atoms with Crippen molar-refractivity contribution in [1.82, 2.24) is 0 Å². The fraction of sp³-hybridized carbons (Fsp3) is 0.333. The number of carboxylic acids is 1. The lowest BCUT2D eigenvalue weighted by Crippen LogP contribution is -2.31. The van der Waals surface area contributed by atoms with Gasteiger partial charge in [-0.15, -0.1) is 0 Å². The SMILES string of the molecule is CC(C)(C(=O)O)c1cc[n+]([O-])cc1. The molecule has 1 N–H and O–H groups in total. The van der Waals surface area contributed by atoms with E-state index < -0.39 is 11.4 Å². The monoisotopic (exact) mass is 181 g/mol. The summed E-state index contributed by atoms with van der Waals surface area (Å²) in [7, 11) is 0. The smallest absolute Gasteiger partial charge is 0.313 e. The molecule has 0 aliphatic rings. The summed E-state index contributed by atoms with van der Waals surface area (Å²) in [5.41, 5.74) is -0.332. The lowest BCUT2D eigenvalue weighted by molar-refractivity contribution is -0.605. The van der Waals surface area contributed by atoms with E-state index in [0.29, 0.717) is 10.3 Å². The largest absolute Gasteiger partial charge is 0.619 e. The molecule has 0 fully saturated rings. The maximum Gasteiger partial charge on any atom is 0.313 e. The van der Waals surface area contributed by atoms with Crippen LogP contribution in [0.4, 0.5) is 0 Å². The first-order valence-electron chi connectivity index (χ1n) is 3.87. The first-order valence-corrected chi connectivity index (χ1v) is 3.87. The Morgan fingerprint density at radius 3 is 2.31 bits per heavy atom. The zero-order chi connectivity index (χ0) is 10.1. The topological polar surface area (TPSA) is 64.2 Å². The molecule has 1 heterocycles. The van der Waals surface area contributed by atoms with Crippen LogP contribution in [0.3, 0.4) is 0 Å². The molecule has 0 bridgehead atoms. The number of rotatable bonds is 2. The summed E-state index contributed by atoms with van der Waals surface area (Å²) in [6.45, 7) is 3.19. The van der Waals surface area contributed by atoms with Gasteiger partial charge in [0, 0.05) is 12.1 Å². The standard InChI is InChI=1S/C9H11NO3/c1-9(2,8(11)12)7-3-5-10(13)6-4-7/h3-6H,1-2H3,(H,11,12). The summed E-state index contributed by atoms with van der Waals surface area (Å²) in [4.78, 5) is 10.8. The number of carbonyl (C=O) groups is 1. The maximum absolute atomic E-state index is 10.8. The van der Waals surface area contributed by atoms with Gasteiger partial charge in [-0.05, 0) is 19.4 Å². The van der Waals surface area contributed by atoms with E-state index in [4.69, 9.17) is 5.11 Å². The molecule has 13 heavy (non-hydrogen) atoms. The third-order valence-corrected chi connectivity index (χ3v) is 2.06. The van der Waals surface area contributed by atoms with E-state index in [1.807, 2.05) is 0 Å². The van der Waals surface area contributed by atoms with E-state index in [-0.39, 0.29) is 0 Å². The molecule has 0 saturated carbocycles. The highest BCUT2D eigenvalue weighted by Gasteiger charge is 2.29. The molecule has 1 rings (SSSR count). The highest BCUT2D eigenvalue weighted by molar-refractivity contribution is 5.80. The minimum absolute atomic E-state index is 0.618. The van der Waals surface area contributed by atoms with Gasteiger partial charge in [-0.1, -0.05) is 0 Å². The molecular formula is C9H11NO3. The van der Waals surface area contributed by atoms with Crippen molar-refractivity contribution < 1.29 is 14.6 Å². The van der Waals surface area contributed by atoms with Crippen LogP contribution >= 0.6 is 0 Å². The second-order valence-corrected chi connectivity index (χ2v) is 3.38. The van der Waals surface area contributed by atoms with E-state index in [1.54, 1.807) is 13.8 Å². The van der Waals surface area contributed by atoms with Gasteiger partial charge in [-0.2, -0.15) is 4.73 Å².